The highest BCUT2D eigenvalue weighted by Gasteiger charge is 2.41. The number of aromatic nitrogens is 3. The van der Waals surface area contributed by atoms with E-state index in [0.717, 1.165) is 24.9 Å². The summed E-state index contributed by atoms with van der Waals surface area (Å²) in [5.41, 5.74) is 0.881. The Morgan fingerprint density at radius 3 is 2.97 bits per heavy atom. The van der Waals surface area contributed by atoms with Gasteiger partial charge < -0.3 is 20.6 Å². The van der Waals surface area contributed by atoms with Gasteiger partial charge in [-0.2, -0.15) is 5.10 Å². The van der Waals surface area contributed by atoms with Gasteiger partial charge in [0.15, 0.2) is 5.82 Å². The second kappa shape index (κ2) is 7.61. The lowest BCUT2D eigenvalue weighted by Gasteiger charge is -2.43. The standard InChI is InChI=1S/C21H26FN7O2/c1-21(28-6-2-3-18(28)14-9-15(22)11-23-10-14)5-8-29-19(26-21)17(12-24-29)25-20(31)27-7-4-16(30)13-27/h5,8-12,16,18,26,30H,2-4,6-7,13H2,1H3,(H,25,31)/t16-,18+,21?/m0/s1. The number of carbonyl (C=O) groups is 1. The van der Waals surface area contributed by atoms with Gasteiger partial charge in [0.05, 0.1) is 18.5 Å². The van der Waals surface area contributed by atoms with Gasteiger partial charge >= 0.3 is 6.03 Å². The Bertz CT molecular complexity index is 1020. The Hall–Kier alpha value is -2.98. The van der Waals surface area contributed by atoms with Crippen LogP contribution in [-0.4, -0.2) is 67.1 Å². The fourth-order valence-corrected chi connectivity index (χ4v) is 4.76. The summed E-state index contributed by atoms with van der Waals surface area (Å²) < 4.78 is 15.5. The molecule has 3 N–H and O–H groups in total. The molecular formula is C21H26FN7O2. The Kier molecular flexibility index (Phi) is 4.90. The van der Waals surface area contributed by atoms with Crippen molar-refractivity contribution in [3.05, 3.63) is 42.1 Å². The van der Waals surface area contributed by atoms with Gasteiger partial charge in [0.1, 0.15) is 17.2 Å². The topological polar surface area (TPSA) is 98.6 Å². The number of nitrogens with one attached hydrogen (secondary N) is 2. The molecule has 2 saturated heterocycles. The van der Waals surface area contributed by atoms with E-state index in [1.54, 1.807) is 28.0 Å². The van der Waals surface area contributed by atoms with Crippen LogP contribution in [0.2, 0.25) is 0 Å². The van der Waals surface area contributed by atoms with Gasteiger partial charge in [0, 0.05) is 38.1 Å². The van der Waals surface area contributed by atoms with E-state index in [4.69, 9.17) is 0 Å². The van der Waals surface area contributed by atoms with Crippen molar-refractivity contribution < 1.29 is 14.3 Å². The summed E-state index contributed by atoms with van der Waals surface area (Å²) in [4.78, 5) is 20.5. The number of β-amino-alcohol motifs (C(OH)–C–C–N with tert-alkyl or cyclic N) is 1. The van der Waals surface area contributed by atoms with Crippen LogP contribution in [0.25, 0.3) is 6.20 Å². The van der Waals surface area contributed by atoms with Gasteiger partial charge in [-0.1, -0.05) is 0 Å². The molecule has 10 heteroatoms. The number of carbonyl (C=O) groups excluding carboxylic acids is 1. The maximum absolute atomic E-state index is 13.8. The van der Waals surface area contributed by atoms with Gasteiger partial charge in [-0.15, -0.1) is 0 Å². The van der Waals surface area contributed by atoms with E-state index in [9.17, 15) is 14.3 Å². The van der Waals surface area contributed by atoms with Gasteiger partial charge in [-0.25, -0.2) is 13.9 Å². The number of rotatable bonds is 3. The number of nitrogens with zero attached hydrogens (tertiary/aromatic N) is 5. The first-order valence-electron chi connectivity index (χ1n) is 10.6. The third-order valence-electron chi connectivity index (χ3n) is 6.36. The van der Waals surface area contributed by atoms with Gasteiger partial charge in [-0.05, 0) is 43.9 Å². The minimum Gasteiger partial charge on any atom is -0.391 e. The molecule has 3 aliphatic rings. The zero-order valence-corrected chi connectivity index (χ0v) is 17.3. The molecular weight excluding hydrogens is 401 g/mol. The number of hydrogen-bond donors (Lipinski definition) is 3. The number of anilines is 2. The molecule has 0 radical (unpaired) electrons. The molecule has 2 aromatic heterocycles. The number of hydrogen-bond acceptors (Lipinski definition) is 6. The summed E-state index contributed by atoms with van der Waals surface area (Å²) in [6.07, 6.45) is 10.5. The predicted molar refractivity (Wildman–Crippen MR) is 114 cm³/mol. The zero-order valence-electron chi connectivity index (χ0n) is 17.3. The molecule has 5 rings (SSSR count). The lowest BCUT2D eigenvalue weighted by atomic mass is 10.0. The Morgan fingerprint density at radius 1 is 1.32 bits per heavy atom. The number of halogens is 1. The fourth-order valence-electron chi connectivity index (χ4n) is 4.76. The number of aliphatic hydroxyl groups is 1. The lowest BCUT2D eigenvalue weighted by Crippen LogP contribution is -2.52. The third kappa shape index (κ3) is 3.66. The van der Waals surface area contributed by atoms with E-state index in [2.05, 4.69) is 32.5 Å². The van der Waals surface area contributed by atoms with Crippen molar-refractivity contribution in [1.82, 2.24) is 24.6 Å². The van der Waals surface area contributed by atoms with Crippen molar-refractivity contribution in [3.8, 4) is 0 Å². The van der Waals surface area contributed by atoms with Crippen molar-refractivity contribution in [2.75, 3.05) is 30.3 Å². The van der Waals surface area contributed by atoms with Crippen LogP contribution in [0.1, 0.15) is 37.8 Å². The van der Waals surface area contributed by atoms with Crippen LogP contribution in [0.4, 0.5) is 20.7 Å². The number of fused-ring (bicyclic) bond motifs is 1. The molecule has 1 unspecified atom stereocenters. The van der Waals surface area contributed by atoms with Crippen LogP contribution in [0.5, 0.6) is 0 Å². The minimum absolute atomic E-state index is 0.0314. The Balaban J connectivity index is 1.37. The first kappa shape index (κ1) is 20.0. The normalized spacial score (nSPS) is 27.9. The maximum atomic E-state index is 13.8. The first-order chi connectivity index (χ1) is 14.9. The molecule has 2 aromatic rings. The highest BCUT2D eigenvalue weighted by Crippen LogP contribution is 2.41. The fraction of sp³-hybridized carbons (Fsp3) is 0.476. The number of likely N-dealkylation sites (tertiary alicyclic amines) is 2. The second-order valence-corrected chi connectivity index (χ2v) is 8.55. The number of urea groups is 1. The summed E-state index contributed by atoms with van der Waals surface area (Å²) in [6.45, 7) is 3.76. The van der Waals surface area contributed by atoms with Gasteiger partial charge in [0.2, 0.25) is 0 Å². The number of amides is 2. The van der Waals surface area contributed by atoms with E-state index in [1.165, 1.54) is 6.20 Å². The molecule has 2 fully saturated rings. The molecule has 164 valence electrons. The minimum atomic E-state index is -0.549. The zero-order chi connectivity index (χ0) is 21.6. The highest BCUT2D eigenvalue weighted by atomic mass is 19.1. The average molecular weight is 427 g/mol. The average Bonchev–Trinajstić information content (AvgIpc) is 3.48. The van der Waals surface area contributed by atoms with Crippen LogP contribution < -0.4 is 10.6 Å². The SMILES string of the molecule is CC1(N2CCC[C@@H]2c2cncc(F)c2)C=Cn2ncc(NC(=O)N3CC[C@H](O)C3)c2N1. The largest absolute Gasteiger partial charge is 0.391 e. The van der Waals surface area contributed by atoms with Gasteiger partial charge in [0.25, 0.3) is 0 Å². The van der Waals surface area contributed by atoms with Crippen LogP contribution in [0, 0.1) is 5.82 Å². The molecule has 9 nitrogen and oxygen atoms in total. The van der Waals surface area contributed by atoms with Crippen LogP contribution in [0.3, 0.4) is 0 Å². The molecule has 31 heavy (non-hydrogen) atoms. The predicted octanol–water partition coefficient (Wildman–Crippen LogP) is 2.47. The number of aliphatic hydroxyl groups excluding tert-OH is 1. The third-order valence-corrected chi connectivity index (χ3v) is 6.36. The Morgan fingerprint density at radius 2 is 2.19 bits per heavy atom. The molecule has 2 amide bonds. The molecule has 0 saturated carbocycles. The summed E-state index contributed by atoms with van der Waals surface area (Å²) in [5, 5.41) is 20.5. The molecule has 0 aromatic carbocycles. The van der Waals surface area contributed by atoms with Crippen LogP contribution in [0.15, 0.2) is 30.7 Å². The molecule has 0 bridgehead atoms. The van der Waals surface area contributed by atoms with Crippen molar-refractivity contribution in [2.24, 2.45) is 0 Å². The van der Waals surface area contributed by atoms with E-state index in [0.29, 0.717) is 31.0 Å². The quantitative estimate of drug-likeness (QED) is 0.696. The first-order valence-corrected chi connectivity index (χ1v) is 10.6. The lowest BCUT2D eigenvalue weighted by molar-refractivity contribution is 0.151. The van der Waals surface area contributed by atoms with E-state index in [1.807, 2.05) is 12.3 Å². The summed E-state index contributed by atoms with van der Waals surface area (Å²) in [7, 11) is 0. The van der Waals surface area contributed by atoms with Gasteiger partial charge in [-0.3, -0.25) is 9.88 Å². The van der Waals surface area contributed by atoms with E-state index < -0.39 is 11.8 Å². The van der Waals surface area contributed by atoms with Crippen molar-refractivity contribution in [2.45, 2.75) is 44.0 Å². The van der Waals surface area contributed by atoms with Crippen LogP contribution >= 0.6 is 0 Å². The van der Waals surface area contributed by atoms with E-state index in [-0.39, 0.29) is 17.9 Å². The van der Waals surface area contributed by atoms with Crippen LogP contribution in [-0.2, 0) is 0 Å². The molecule has 3 atom stereocenters. The monoisotopic (exact) mass is 427 g/mol. The second-order valence-electron chi connectivity index (χ2n) is 8.55. The molecule has 0 spiro atoms. The van der Waals surface area contributed by atoms with Crippen molar-refractivity contribution >= 4 is 23.7 Å². The maximum Gasteiger partial charge on any atom is 0.322 e. The van der Waals surface area contributed by atoms with Crippen molar-refractivity contribution in [3.63, 3.8) is 0 Å². The number of pyridine rings is 1. The van der Waals surface area contributed by atoms with E-state index >= 15 is 0 Å². The smallest absolute Gasteiger partial charge is 0.322 e. The molecule has 3 aliphatic heterocycles. The highest BCUT2D eigenvalue weighted by molar-refractivity contribution is 5.93. The summed E-state index contributed by atoms with van der Waals surface area (Å²) in [5.74, 6) is 0.345. The summed E-state index contributed by atoms with van der Waals surface area (Å²) in [6, 6.07) is 1.32. The summed E-state index contributed by atoms with van der Waals surface area (Å²) >= 11 is 0. The molecule has 5 heterocycles. The Labute approximate surface area is 179 Å². The van der Waals surface area contributed by atoms with Crippen molar-refractivity contribution in [1.29, 1.82) is 0 Å². The molecule has 0 aliphatic carbocycles.